The van der Waals surface area contributed by atoms with Crippen LogP contribution in [0, 0.1) is 0 Å². The summed E-state index contributed by atoms with van der Waals surface area (Å²) < 4.78 is 8.34. The van der Waals surface area contributed by atoms with Crippen molar-refractivity contribution in [3.05, 3.63) is 30.2 Å². The van der Waals surface area contributed by atoms with Gasteiger partial charge in [0.1, 0.15) is 5.69 Å². The van der Waals surface area contributed by atoms with Gasteiger partial charge in [0.05, 0.1) is 6.26 Å². The zero-order valence-corrected chi connectivity index (χ0v) is 8.97. The zero-order chi connectivity index (χ0) is 10.2. The summed E-state index contributed by atoms with van der Waals surface area (Å²) in [5.74, 6) is 0.725. The normalized spacial score (nSPS) is 11.9. The van der Waals surface area contributed by atoms with Crippen molar-refractivity contribution in [2.45, 2.75) is 3.79 Å². The highest BCUT2D eigenvalue weighted by Crippen LogP contribution is 2.39. The van der Waals surface area contributed by atoms with Gasteiger partial charge in [0.2, 0.25) is 0 Å². The molecule has 0 radical (unpaired) electrons. The number of alkyl halides is 3. The van der Waals surface area contributed by atoms with Gasteiger partial charge in [-0.2, -0.15) is 0 Å². The van der Waals surface area contributed by atoms with Crippen LogP contribution in [0.3, 0.4) is 0 Å². The van der Waals surface area contributed by atoms with E-state index in [1.807, 2.05) is 0 Å². The van der Waals surface area contributed by atoms with Crippen LogP contribution in [0.15, 0.2) is 33.4 Å². The molecule has 0 fully saturated rings. The Morgan fingerprint density at radius 1 is 1.29 bits per heavy atom. The molecule has 0 aliphatic rings. The molecule has 2 heterocycles. The number of nitrogens with zero attached hydrogens (tertiary/aromatic N) is 1. The van der Waals surface area contributed by atoms with Crippen molar-refractivity contribution in [1.82, 2.24) is 5.16 Å². The summed E-state index contributed by atoms with van der Waals surface area (Å²) in [4.78, 5) is 0. The lowest BCUT2D eigenvalue weighted by molar-refractivity contribution is 0.387. The van der Waals surface area contributed by atoms with Gasteiger partial charge in [0.15, 0.2) is 11.5 Å². The molecule has 0 atom stereocenters. The third-order valence-electron chi connectivity index (χ3n) is 1.56. The number of rotatable bonds is 1. The van der Waals surface area contributed by atoms with Crippen LogP contribution in [0.4, 0.5) is 0 Å². The molecule has 0 bridgehead atoms. The van der Waals surface area contributed by atoms with Crippen LogP contribution in [-0.4, -0.2) is 5.16 Å². The van der Waals surface area contributed by atoms with Crippen LogP contribution >= 0.6 is 34.8 Å². The number of hydrogen-bond donors (Lipinski definition) is 0. The van der Waals surface area contributed by atoms with Crippen molar-refractivity contribution in [2.75, 3.05) is 0 Å². The molecular formula is C8H4Cl3NO2. The largest absolute Gasteiger partial charge is 0.463 e. The Morgan fingerprint density at radius 2 is 2.07 bits per heavy atom. The van der Waals surface area contributed by atoms with E-state index in [2.05, 4.69) is 5.16 Å². The Balaban J connectivity index is 2.36. The van der Waals surface area contributed by atoms with Gasteiger partial charge in [0.25, 0.3) is 3.79 Å². The molecule has 2 rings (SSSR count). The summed E-state index contributed by atoms with van der Waals surface area (Å²) in [6.45, 7) is 0. The van der Waals surface area contributed by atoms with Crippen molar-refractivity contribution in [1.29, 1.82) is 0 Å². The highest BCUT2D eigenvalue weighted by atomic mass is 35.6. The van der Waals surface area contributed by atoms with E-state index in [4.69, 9.17) is 43.7 Å². The third kappa shape index (κ3) is 1.90. The molecule has 74 valence electrons. The molecule has 0 aliphatic carbocycles. The first-order valence-corrected chi connectivity index (χ1v) is 4.78. The Morgan fingerprint density at radius 3 is 2.57 bits per heavy atom. The molecule has 0 N–H and O–H groups in total. The second-order valence-corrected chi connectivity index (χ2v) is 4.83. The predicted molar refractivity (Wildman–Crippen MR) is 53.4 cm³/mol. The van der Waals surface area contributed by atoms with E-state index in [-0.39, 0.29) is 5.76 Å². The van der Waals surface area contributed by atoms with Crippen LogP contribution < -0.4 is 0 Å². The molecule has 2 aromatic rings. The van der Waals surface area contributed by atoms with Gasteiger partial charge >= 0.3 is 0 Å². The van der Waals surface area contributed by atoms with Crippen molar-refractivity contribution in [3.8, 4) is 11.5 Å². The lowest BCUT2D eigenvalue weighted by Crippen LogP contribution is -1.96. The van der Waals surface area contributed by atoms with Crippen LogP contribution in [0.25, 0.3) is 11.5 Å². The lowest BCUT2D eigenvalue weighted by Gasteiger charge is -2.02. The fourth-order valence-corrected chi connectivity index (χ4v) is 1.22. The standard InChI is InChI=1S/C8H4Cl3NO2/c9-8(10,11)7-4-5(12-14-7)6-2-1-3-13-6/h1-4H. The second kappa shape index (κ2) is 3.50. The van der Waals surface area contributed by atoms with Gasteiger partial charge < -0.3 is 8.94 Å². The van der Waals surface area contributed by atoms with E-state index in [1.54, 1.807) is 12.1 Å². The minimum atomic E-state index is -1.60. The first-order chi connectivity index (χ1) is 6.57. The minimum absolute atomic E-state index is 0.161. The molecule has 14 heavy (non-hydrogen) atoms. The van der Waals surface area contributed by atoms with E-state index >= 15 is 0 Å². The molecule has 0 unspecified atom stereocenters. The Hall–Kier alpha value is -0.640. The quantitative estimate of drug-likeness (QED) is 0.725. The van der Waals surface area contributed by atoms with E-state index in [1.165, 1.54) is 12.3 Å². The zero-order valence-electron chi connectivity index (χ0n) is 6.71. The SMILES string of the molecule is ClC(Cl)(Cl)c1cc(-c2ccco2)no1. The highest BCUT2D eigenvalue weighted by Gasteiger charge is 2.28. The van der Waals surface area contributed by atoms with Crippen LogP contribution in [0.1, 0.15) is 5.76 Å². The molecule has 2 aromatic heterocycles. The molecule has 0 aliphatic heterocycles. The molecule has 0 aromatic carbocycles. The second-order valence-electron chi connectivity index (χ2n) is 2.55. The van der Waals surface area contributed by atoms with Crippen LogP contribution in [0.5, 0.6) is 0 Å². The van der Waals surface area contributed by atoms with Crippen LogP contribution in [0.2, 0.25) is 0 Å². The monoisotopic (exact) mass is 251 g/mol. The molecule has 0 saturated carbocycles. The van der Waals surface area contributed by atoms with Crippen molar-refractivity contribution < 1.29 is 8.94 Å². The smallest absolute Gasteiger partial charge is 0.250 e. The van der Waals surface area contributed by atoms with Gasteiger partial charge in [0, 0.05) is 6.07 Å². The number of aromatic nitrogens is 1. The maximum atomic E-state index is 5.60. The van der Waals surface area contributed by atoms with Gasteiger partial charge in [-0.15, -0.1) is 0 Å². The maximum absolute atomic E-state index is 5.60. The molecular weight excluding hydrogens is 248 g/mol. The highest BCUT2D eigenvalue weighted by molar-refractivity contribution is 6.66. The van der Waals surface area contributed by atoms with Gasteiger partial charge in [-0.05, 0) is 12.1 Å². The summed E-state index contributed by atoms with van der Waals surface area (Å²) in [6, 6.07) is 4.99. The van der Waals surface area contributed by atoms with E-state index in [9.17, 15) is 0 Å². The fourth-order valence-electron chi connectivity index (χ4n) is 0.949. The summed E-state index contributed by atoms with van der Waals surface area (Å²) in [5.41, 5.74) is 0.497. The van der Waals surface area contributed by atoms with Crippen LogP contribution in [-0.2, 0) is 3.79 Å². The van der Waals surface area contributed by atoms with Gasteiger partial charge in [-0.1, -0.05) is 40.0 Å². The molecule has 0 amide bonds. The van der Waals surface area contributed by atoms with E-state index < -0.39 is 3.79 Å². The number of hydrogen-bond acceptors (Lipinski definition) is 3. The summed E-state index contributed by atoms with van der Waals surface area (Å²) >= 11 is 16.8. The number of furan rings is 1. The van der Waals surface area contributed by atoms with Gasteiger partial charge in [-0.25, -0.2) is 0 Å². The summed E-state index contributed by atoms with van der Waals surface area (Å²) in [5, 5.41) is 3.70. The average molecular weight is 252 g/mol. The van der Waals surface area contributed by atoms with E-state index in [0.29, 0.717) is 11.5 Å². The maximum Gasteiger partial charge on any atom is 0.250 e. The lowest BCUT2D eigenvalue weighted by atomic mass is 10.3. The topological polar surface area (TPSA) is 39.2 Å². The minimum Gasteiger partial charge on any atom is -0.463 e. The first-order valence-electron chi connectivity index (χ1n) is 3.65. The Bertz CT molecular complexity index is 416. The van der Waals surface area contributed by atoms with Gasteiger partial charge in [-0.3, -0.25) is 0 Å². The fraction of sp³-hybridized carbons (Fsp3) is 0.125. The summed E-state index contributed by atoms with van der Waals surface area (Å²) in [6.07, 6.45) is 1.53. The first kappa shape index (κ1) is 9.90. The summed E-state index contributed by atoms with van der Waals surface area (Å²) in [7, 11) is 0. The Kier molecular flexibility index (Phi) is 2.47. The molecule has 6 heteroatoms. The average Bonchev–Trinajstić information content (AvgIpc) is 2.73. The molecule has 3 nitrogen and oxygen atoms in total. The molecule has 0 spiro atoms. The Labute approximate surface area is 94.5 Å². The molecule has 0 saturated heterocycles. The van der Waals surface area contributed by atoms with E-state index in [0.717, 1.165) is 0 Å². The van der Waals surface area contributed by atoms with Crippen molar-refractivity contribution in [2.24, 2.45) is 0 Å². The van der Waals surface area contributed by atoms with Crippen molar-refractivity contribution >= 4 is 34.8 Å². The number of halogens is 3. The predicted octanol–water partition coefficient (Wildman–Crippen LogP) is 3.76. The third-order valence-corrected chi connectivity index (χ3v) is 2.12. The van der Waals surface area contributed by atoms with Crippen molar-refractivity contribution in [3.63, 3.8) is 0 Å².